The molecular formula is C23H30Cl2N2O2. The first kappa shape index (κ1) is 22.2. The molecule has 1 atom stereocenters. The molecule has 0 radical (unpaired) electrons. The van der Waals surface area contributed by atoms with Gasteiger partial charge in [0.25, 0.3) is 0 Å². The molecular weight excluding hydrogens is 407 g/mol. The van der Waals surface area contributed by atoms with Crippen molar-refractivity contribution in [2.75, 3.05) is 26.2 Å². The van der Waals surface area contributed by atoms with Crippen molar-refractivity contribution in [1.29, 1.82) is 0 Å². The molecule has 6 heteroatoms. The van der Waals surface area contributed by atoms with Crippen LogP contribution in [0.3, 0.4) is 0 Å². The van der Waals surface area contributed by atoms with Gasteiger partial charge in [-0.25, -0.2) is 0 Å². The van der Waals surface area contributed by atoms with Gasteiger partial charge in [-0.3, -0.25) is 4.90 Å². The summed E-state index contributed by atoms with van der Waals surface area (Å²) in [7, 11) is 0. The minimum Gasteiger partial charge on any atom is -0.490 e. The second-order valence-corrected chi connectivity index (χ2v) is 8.12. The standard InChI is InChI=1S/C23H30Cl2N2O2/c1-3-27-11-5-6-19(27)15-26-14-17-8-10-22(23(13-17)28-4-2)29-16-18-7-9-20(24)21(25)12-18/h7-10,12-13,19,26H,3-6,11,14-16H2,1-2H3/t19-/m1/s1. The highest BCUT2D eigenvalue weighted by Gasteiger charge is 2.22. The molecule has 2 aromatic carbocycles. The van der Waals surface area contributed by atoms with Gasteiger partial charge in [0, 0.05) is 19.1 Å². The first-order chi connectivity index (χ1) is 14.1. The molecule has 1 saturated heterocycles. The molecule has 1 fully saturated rings. The summed E-state index contributed by atoms with van der Waals surface area (Å²) in [5, 5.41) is 4.68. The van der Waals surface area contributed by atoms with Gasteiger partial charge >= 0.3 is 0 Å². The Bertz CT molecular complexity index is 800. The summed E-state index contributed by atoms with van der Waals surface area (Å²) in [5.74, 6) is 1.50. The summed E-state index contributed by atoms with van der Waals surface area (Å²) in [6, 6.07) is 12.3. The Morgan fingerprint density at radius 2 is 1.83 bits per heavy atom. The number of benzene rings is 2. The van der Waals surface area contributed by atoms with E-state index >= 15 is 0 Å². The highest BCUT2D eigenvalue weighted by molar-refractivity contribution is 6.42. The van der Waals surface area contributed by atoms with E-state index in [4.69, 9.17) is 32.7 Å². The number of ether oxygens (including phenoxy) is 2. The Hall–Kier alpha value is -1.46. The van der Waals surface area contributed by atoms with E-state index < -0.39 is 0 Å². The van der Waals surface area contributed by atoms with Gasteiger partial charge in [0.2, 0.25) is 0 Å². The smallest absolute Gasteiger partial charge is 0.161 e. The number of nitrogens with one attached hydrogen (secondary N) is 1. The molecule has 1 N–H and O–H groups in total. The summed E-state index contributed by atoms with van der Waals surface area (Å²) in [6.07, 6.45) is 2.59. The third-order valence-corrected chi connectivity index (χ3v) is 6.04. The van der Waals surface area contributed by atoms with E-state index in [0.717, 1.165) is 36.7 Å². The van der Waals surface area contributed by atoms with E-state index in [9.17, 15) is 0 Å². The maximum atomic E-state index is 6.09. The van der Waals surface area contributed by atoms with Crippen molar-refractivity contribution in [2.24, 2.45) is 0 Å². The summed E-state index contributed by atoms with van der Waals surface area (Å²) in [6.45, 7) is 9.41. The monoisotopic (exact) mass is 436 g/mol. The van der Waals surface area contributed by atoms with Crippen molar-refractivity contribution in [1.82, 2.24) is 10.2 Å². The zero-order valence-electron chi connectivity index (χ0n) is 17.2. The average Bonchev–Trinajstić information content (AvgIpc) is 3.17. The van der Waals surface area contributed by atoms with Crippen LogP contribution in [-0.2, 0) is 13.2 Å². The minimum absolute atomic E-state index is 0.406. The SMILES string of the molecule is CCOc1cc(CNC[C@H]2CCCN2CC)ccc1OCc1ccc(Cl)c(Cl)c1. The van der Waals surface area contributed by atoms with E-state index in [1.165, 1.54) is 24.9 Å². The van der Waals surface area contributed by atoms with Gasteiger partial charge in [-0.1, -0.05) is 42.3 Å². The van der Waals surface area contributed by atoms with Gasteiger partial charge in [0.15, 0.2) is 11.5 Å². The van der Waals surface area contributed by atoms with Crippen LogP contribution in [0.5, 0.6) is 11.5 Å². The van der Waals surface area contributed by atoms with Crippen LogP contribution in [0.1, 0.15) is 37.8 Å². The lowest BCUT2D eigenvalue weighted by atomic mass is 10.1. The third kappa shape index (κ3) is 6.26. The van der Waals surface area contributed by atoms with E-state index in [-0.39, 0.29) is 0 Å². The van der Waals surface area contributed by atoms with Crippen molar-refractivity contribution in [3.63, 3.8) is 0 Å². The van der Waals surface area contributed by atoms with Crippen LogP contribution in [-0.4, -0.2) is 37.2 Å². The molecule has 3 rings (SSSR count). The van der Waals surface area contributed by atoms with E-state index in [1.54, 1.807) is 6.07 Å². The first-order valence-electron chi connectivity index (χ1n) is 10.4. The predicted molar refractivity (Wildman–Crippen MR) is 120 cm³/mol. The summed E-state index contributed by atoms with van der Waals surface area (Å²) in [5.41, 5.74) is 2.15. The van der Waals surface area contributed by atoms with Crippen LogP contribution in [0.4, 0.5) is 0 Å². The third-order valence-electron chi connectivity index (χ3n) is 5.30. The molecule has 29 heavy (non-hydrogen) atoms. The number of hydrogen-bond acceptors (Lipinski definition) is 4. The lowest BCUT2D eigenvalue weighted by Gasteiger charge is -2.23. The molecule has 2 aromatic rings. The fourth-order valence-electron chi connectivity index (χ4n) is 3.77. The molecule has 1 aliphatic rings. The Balaban J connectivity index is 1.58. The highest BCUT2D eigenvalue weighted by Crippen LogP contribution is 2.30. The minimum atomic E-state index is 0.406. The molecule has 1 aliphatic heterocycles. The molecule has 158 valence electrons. The summed E-state index contributed by atoms with van der Waals surface area (Å²) in [4.78, 5) is 2.55. The van der Waals surface area contributed by atoms with Crippen LogP contribution >= 0.6 is 23.2 Å². The van der Waals surface area contributed by atoms with Gasteiger partial charge in [-0.15, -0.1) is 0 Å². The molecule has 1 heterocycles. The van der Waals surface area contributed by atoms with Gasteiger partial charge in [0.05, 0.1) is 16.7 Å². The van der Waals surface area contributed by atoms with Gasteiger partial charge < -0.3 is 14.8 Å². The summed E-state index contributed by atoms with van der Waals surface area (Å²) < 4.78 is 11.8. The molecule has 0 amide bonds. The molecule has 0 aromatic heterocycles. The number of likely N-dealkylation sites (tertiary alicyclic amines) is 1. The van der Waals surface area contributed by atoms with Crippen LogP contribution in [0.15, 0.2) is 36.4 Å². The number of nitrogens with zero attached hydrogens (tertiary/aromatic N) is 1. The Labute approximate surface area is 184 Å². The number of rotatable bonds is 10. The van der Waals surface area contributed by atoms with E-state index in [0.29, 0.717) is 29.3 Å². The molecule has 0 spiro atoms. The van der Waals surface area contributed by atoms with Crippen molar-refractivity contribution >= 4 is 23.2 Å². The molecule has 0 saturated carbocycles. The molecule has 0 unspecified atom stereocenters. The van der Waals surface area contributed by atoms with Gasteiger partial charge in [-0.2, -0.15) is 0 Å². The zero-order chi connectivity index (χ0) is 20.6. The zero-order valence-corrected chi connectivity index (χ0v) is 18.7. The van der Waals surface area contributed by atoms with Crippen molar-refractivity contribution in [3.8, 4) is 11.5 Å². The molecule has 0 bridgehead atoms. The highest BCUT2D eigenvalue weighted by atomic mass is 35.5. The van der Waals surface area contributed by atoms with E-state index in [2.05, 4.69) is 29.3 Å². The Kier molecular flexibility index (Phi) is 8.49. The number of halogens is 2. The van der Waals surface area contributed by atoms with Crippen molar-refractivity contribution in [3.05, 3.63) is 57.6 Å². The summed E-state index contributed by atoms with van der Waals surface area (Å²) >= 11 is 12.1. The molecule has 4 nitrogen and oxygen atoms in total. The topological polar surface area (TPSA) is 33.7 Å². The van der Waals surface area contributed by atoms with Crippen molar-refractivity contribution in [2.45, 2.75) is 45.9 Å². The van der Waals surface area contributed by atoms with Gasteiger partial charge in [0.1, 0.15) is 6.61 Å². The Morgan fingerprint density at radius 1 is 1.00 bits per heavy atom. The van der Waals surface area contributed by atoms with Crippen molar-refractivity contribution < 1.29 is 9.47 Å². The lowest BCUT2D eigenvalue weighted by Crippen LogP contribution is -2.37. The quantitative estimate of drug-likeness (QED) is 0.529. The molecule has 0 aliphatic carbocycles. The average molecular weight is 437 g/mol. The fourth-order valence-corrected chi connectivity index (χ4v) is 4.09. The predicted octanol–water partition coefficient (Wildman–Crippen LogP) is 5.55. The Morgan fingerprint density at radius 3 is 2.59 bits per heavy atom. The fraction of sp³-hybridized carbons (Fsp3) is 0.478. The number of likely N-dealkylation sites (N-methyl/N-ethyl adjacent to an activating group) is 1. The van der Waals surface area contributed by atoms with Crippen LogP contribution < -0.4 is 14.8 Å². The van der Waals surface area contributed by atoms with Crippen LogP contribution in [0, 0.1) is 0 Å². The normalized spacial score (nSPS) is 16.9. The number of hydrogen-bond donors (Lipinski definition) is 1. The van der Waals surface area contributed by atoms with Crippen LogP contribution in [0.25, 0.3) is 0 Å². The van der Waals surface area contributed by atoms with E-state index in [1.807, 2.05) is 25.1 Å². The van der Waals surface area contributed by atoms with Crippen LogP contribution in [0.2, 0.25) is 10.0 Å². The maximum absolute atomic E-state index is 6.09. The first-order valence-corrected chi connectivity index (χ1v) is 11.1. The largest absolute Gasteiger partial charge is 0.490 e. The lowest BCUT2D eigenvalue weighted by molar-refractivity contribution is 0.259. The second-order valence-electron chi connectivity index (χ2n) is 7.31. The maximum Gasteiger partial charge on any atom is 0.161 e. The second kappa shape index (κ2) is 11.1. The van der Waals surface area contributed by atoms with Gasteiger partial charge in [-0.05, 0) is 68.2 Å².